The maximum atomic E-state index is 12.9. The Morgan fingerprint density at radius 1 is 0.964 bits per heavy atom. The molecule has 0 N–H and O–H groups in total. The zero-order valence-corrected chi connectivity index (χ0v) is 16.4. The molecular formula is C21H19FN4OS. The van der Waals surface area contributed by atoms with E-state index in [9.17, 15) is 4.39 Å². The number of ether oxygens (including phenoxy) is 1. The van der Waals surface area contributed by atoms with Crippen molar-refractivity contribution in [2.75, 3.05) is 0 Å². The molecule has 0 unspecified atom stereocenters. The van der Waals surface area contributed by atoms with Crippen molar-refractivity contribution in [3.05, 3.63) is 83.1 Å². The number of benzene rings is 2. The van der Waals surface area contributed by atoms with E-state index >= 15 is 0 Å². The molecule has 2 heterocycles. The molecule has 2 aromatic carbocycles. The van der Waals surface area contributed by atoms with Gasteiger partial charge in [-0.2, -0.15) is 0 Å². The predicted octanol–water partition coefficient (Wildman–Crippen LogP) is 4.75. The Kier molecular flexibility index (Phi) is 5.25. The van der Waals surface area contributed by atoms with E-state index in [1.54, 1.807) is 23.9 Å². The average molecular weight is 394 g/mol. The molecule has 4 rings (SSSR count). The molecule has 0 aliphatic rings. The second-order valence-corrected chi connectivity index (χ2v) is 7.41. The van der Waals surface area contributed by atoms with E-state index in [0.717, 1.165) is 45.0 Å². The van der Waals surface area contributed by atoms with Gasteiger partial charge in [0.05, 0.1) is 0 Å². The molecular weight excluding hydrogens is 375 g/mol. The van der Waals surface area contributed by atoms with Crippen LogP contribution < -0.4 is 4.74 Å². The van der Waals surface area contributed by atoms with Crippen LogP contribution in [0.3, 0.4) is 0 Å². The molecule has 0 saturated heterocycles. The van der Waals surface area contributed by atoms with Gasteiger partial charge >= 0.3 is 0 Å². The highest BCUT2D eigenvalue weighted by molar-refractivity contribution is 7.98. The van der Waals surface area contributed by atoms with E-state index in [0.29, 0.717) is 6.61 Å². The van der Waals surface area contributed by atoms with Crippen molar-refractivity contribution in [3.63, 3.8) is 0 Å². The molecule has 0 fully saturated rings. The monoisotopic (exact) mass is 394 g/mol. The summed E-state index contributed by atoms with van der Waals surface area (Å²) in [6, 6.07) is 16.2. The molecule has 5 nitrogen and oxygen atoms in total. The lowest BCUT2D eigenvalue weighted by atomic mass is 10.2. The summed E-state index contributed by atoms with van der Waals surface area (Å²) >= 11 is 1.62. The minimum Gasteiger partial charge on any atom is -0.489 e. The van der Waals surface area contributed by atoms with Gasteiger partial charge < -0.3 is 4.74 Å². The van der Waals surface area contributed by atoms with Crippen LogP contribution in [-0.2, 0) is 12.4 Å². The lowest BCUT2D eigenvalue weighted by Crippen LogP contribution is -1.99. The van der Waals surface area contributed by atoms with Crippen molar-refractivity contribution >= 4 is 17.4 Å². The molecule has 0 saturated carbocycles. The lowest BCUT2D eigenvalue weighted by molar-refractivity contribution is 0.306. The highest BCUT2D eigenvalue weighted by Gasteiger charge is 2.10. The number of halogens is 1. The van der Waals surface area contributed by atoms with E-state index in [1.807, 2.05) is 48.6 Å². The highest BCUT2D eigenvalue weighted by Crippen LogP contribution is 2.24. The molecule has 28 heavy (non-hydrogen) atoms. The van der Waals surface area contributed by atoms with Crippen molar-refractivity contribution < 1.29 is 9.13 Å². The van der Waals surface area contributed by atoms with Gasteiger partial charge in [-0.3, -0.25) is 4.40 Å². The molecule has 2 aromatic heterocycles. The zero-order chi connectivity index (χ0) is 19.5. The Hall–Kier alpha value is -2.93. The van der Waals surface area contributed by atoms with Crippen LogP contribution in [0, 0.1) is 19.7 Å². The fourth-order valence-electron chi connectivity index (χ4n) is 2.87. The van der Waals surface area contributed by atoms with Crippen LogP contribution in [0.25, 0.3) is 5.65 Å². The molecule has 142 valence electrons. The summed E-state index contributed by atoms with van der Waals surface area (Å²) in [6.45, 7) is 4.32. The predicted molar refractivity (Wildman–Crippen MR) is 107 cm³/mol. The van der Waals surface area contributed by atoms with Crippen LogP contribution >= 0.6 is 11.8 Å². The number of rotatable bonds is 6. The molecule has 0 aliphatic heterocycles. The van der Waals surface area contributed by atoms with Gasteiger partial charge in [-0.05, 0) is 49.2 Å². The zero-order valence-electron chi connectivity index (χ0n) is 15.6. The Morgan fingerprint density at radius 3 is 2.43 bits per heavy atom. The number of aryl methyl sites for hydroxylation is 2. The summed E-state index contributed by atoms with van der Waals surface area (Å²) in [5.41, 5.74) is 3.84. The maximum absolute atomic E-state index is 12.9. The van der Waals surface area contributed by atoms with Crippen LogP contribution in [0.4, 0.5) is 4.39 Å². The number of hydrogen-bond acceptors (Lipinski definition) is 5. The quantitative estimate of drug-likeness (QED) is 0.442. The van der Waals surface area contributed by atoms with Gasteiger partial charge in [-0.15, -0.1) is 10.2 Å². The van der Waals surface area contributed by atoms with Crippen molar-refractivity contribution in [2.24, 2.45) is 0 Å². The minimum atomic E-state index is -0.243. The number of aromatic nitrogens is 4. The molecule has 0 spiro atoms. The van der Waals surface area contributed by atoms with Crippen molar-refractivity contribution in [1.82, 2.24) is 19.6 Å². The van der Waals surface area contributed by atoms with Crippen LogP contribution in [0.5, 0.6) is 5.75 Å². The Morgan fingerprint density at radius 2 is 1.68 bits per heavy atom. The summed E-state index contributed by atoms with van der Waals surface area (Å²) in [5.74, 6) is 2.19. The third kappa shape index (κ3) is 4.14. The van der Waals surface area contributed by atoms with Gasteiger partial charge in [-0.25, -0.2) is 9.37 Å². The first-order valence-corrected chi connectivity index (χ1v) is 9.85. The first-order chi connectivity index (χ1) is 13.6. The normalized spacial score (nSPS) is 11.1. The Labute approximate surface area is 166 Å². The topological polar surface area (TPSA) is 52.3 Å². The summed E-state index contributed by atoms with van der Waals surface area (Å²) in [6.07, 6.45) is 0. The molecule has 0 amide bonds. The van der Waals surface area contributed by atoms with E-state index in [-0.39, 0.29) is 5.82 Å². The summed E-state index contributed by atoms with van der Waals surface area (Å²) in [4.78, 5) is 4.48. The van der Waals surface area contributed by atoms with Crippen LogP contribution in [0.1, 0.15) is 22.6 Å². The second-order valence-electron chi connectivity index (χ2n) is 6.47. The third-order valence-corrected chi connectivity index (χ3v) is 5.27. The largest absolute Gasteiger partial charge is 0.489 e. The first-order valence-electron chi connectivity index (χ1n) is 8.87. The van der Waals surface area contributed by atoms with E-state index < -0.39 is 0 Å². The molecule has 7 heteroatoms. The molecule has 0 bridgehead atoms. The second kappa shape index (κ2) is 7.98. The van der Waals surface area contributed by atoms with E-state index in [1.165, 1.54) is 12.1 Å². The fourth-order valence-corrected chi connectivity index (χ4v) is 3.82. The molecule has 0 radical (unpaired) electrons. The van der Waals surface area contributed by atoms with Crippen molar-refractivity contribution in [1.29, 1.82) is 0 Å². The number of hydrogen-bond donors (Lipinski definition) is 0. The van der Waals surface area contributed by atoms with Crippen LogP contribution in [-0.4, -0.2) is 19.6 Å². The SMILES string of the molecule is Cc1cc2nnc(SCc3ccc(OCc4ccc(F)cc4)cc3)n2c(C)n1. The highest BCUT2D eigenvalue weighted by atomic mass is 32.2. The standard InChI is InChI=1S/C21H19FN4OS/c1-14-11-20-24-25-21(26(20)15(2)23-14)28-13-17-5-9-19(10-6-17)27-12-16-3-7-18(22)8-4-16/h3-11H,12-13H2,1-2H3. The Bertz CT molecular complexity index is 1090. The maximum Gasteiger partial charge on any atom is 0.197 e. The van der Waals surface area contributed by atoms with Crippen molar-refractivity contribution in [2.45, 2.75) is 31.4 Å². The van der Waals surface area contributed by atoms with E-state index in [2.05, 4.69) is 15.2 Å². The smallest absolute Gasteiger partial charge is 0.197 e. The summed E-state index contributed by atoms with van der Waals surface area (Å²) < 4.78 is 20.7. The fraction of sp³-hybridized carbons (Fsp3) is 0.190. The van der Waals surface area contributed by atoms with Gasteiger partial charge in [-0.1, -0.05) is 36.0 Å². The molecule has 4 aromatic rings. The van der Waals surface area contributed by atoms with Gasteiger partial charge in [0.25, 0.3) is 0 Å². The summed E-state index contributed by atoms with van der Waals surface area (Å²) in [5, 5.41) is 9.35. The van der Waals surface area contributed by atoms with Gasteiger partial charge in [0.2, 0.25) is 0 Å². The summed E-state index contributed by atoms with van der Waals surface area (Å²) in [7, 11) is 0. The van der Waals surface area contributed by atoms with Gasteiger partial charge in [0.15, 0.2) is 10.8 Å². The first kappa shape index (κ1) is 18.4. The molecule has 0 aliphatic carbocycles. The van der Waals surface area contributed by atoms with Crippen LogP contribution in [0.15, 0.2) is 59.8 Å². The van der Waals surface area contributed by atoms with Gasteiger partial charge in [0.1, 0.15) is 24.0 Å². The van der Waals surface area contributed by atoms with Crippen molar-refractivity contribution in [3.8, 4) is 5.75 Å². The van der Waals surface area contributed by atoms with Crippen LogP contribution in [0.2, 0.25) is 0 Å². The number of nitrogens with zero attached hydrogens (tertiary/aromatic N) is 4. The minimum absolute atomic E-state index is 0.243. The average Bonchev–Trinajstić information content (AvgIpc) is 3.10. The lowest BCUT2D eigenvalue weighted by Gasteiger charge is -2.08. The number of thioether (sulfide) groups is 1. The van der Waals surface area contributed by atoms with Gasteiger partial charge in [0, 0.05) is 17.5 Å². The Balaban J connectivity index is 1.38. The van der Waals surface area contributed by atoms with E-state index in [4.69, 9.17) is 4.74 Å². The molecule has 0 atom stereocenters. The number of fused-ring (bicyclic) bond motifs is 1. The third-order valence-electron chi connectivity index (χ3n) is 4.27.